The summed E-state index contributed by atoms with van der Waals surface area (Å²) in [4.78, 5) is 0. The van der Waals surface area contributed by atoms with Gasteiger partial charge in [0.1, 0.15) is 0 Å². The maximum absolute atomic E-state index is 2.68. The Bertz CT molecular complexity index is 2280. The molecule has 2 aliphatic rings. The third-order valence-corrected chi connectivity index (χ3v) is 30.6. The molecule has 0 heterocycles. The fourth-order valence-electron chi connectivity index (χ4n) is 9.33. The Morgan fingerprint density at radius 2 is 0.827 bits per heavy atom. The minimum atomic E-state index is -2.40. The summed E-state index contributed by atoms with van der Waals surface area (Å²) in [6, 6.07) is 46.2. The van der Waals surface area contributed by atoms with Crippen LogP contribution in [0.3, 0.4) is 0 Å². The van der Waals surface area contributed by atoms with Crippen LogP contribution in [0.2, 0.25) is 13.1 Å². The Morgan fingerprint density at radius 1 is 0.462 bits per heavy atom. The first kappa shape index (κ1) is 35.4. The van der Waals surface area contributed by atoms with E-state index in [9.17, 15) is 0 Å². The summed E-state index contributed by atoms with van der Waals surface area (Å²) >= 11 is -2.40. The van der Waals surface area contributed by atoms with E-state index in [1.807, 2.05) is 0 Å². The molecule has 2 heteroatoms. The van der Waals surface area contributed by atoms with Gasteiger partial charge in [0.15, 0.2) is 0 Å². The Morgan fingerprint density at radius 3 is 1.23 bits per heavy atom. The van der Waals surface area contributed by atoms with Crippen molar-refractivity contribution in [1.29, 1.82) is 0 Å². The molecule has 0 fully saturated rings. The maximum atomic E-state index is 2.68. The van der Waals surface area contributed by atoms with Gasteiger partial charge in [-0.15, -0.1) is 0 Å². The topological polar surface area (TPSA) is 0 Å². The monoisotopic (exact) mass is 770 g/mol. The van der Waals surface area contributed by atoms with Crippen LogP contribution in [0.15, 0.2) is 132 Å². The number of hydrogen-bond acceptors (Lipinski definition) is 0. The molecule has 260 valence electrons. The van der Waals surface area contributed by atoms with Gasteiger partial charge in [0.25, 0.3) is 0 Å². The van der Waals surface area contributed by atoms with Crippen molar-refractivity contribution in [2.75, 3.05) is 0 Å². The van der Waals surface area contributed by atoms with Gasteiger partial charge in [-0.3, -0.25) is 0 Å². The van der Waals surface area contributed by atoms with Crippen LogP contribution in [0, 0.1) is 10.8 Å². The number of benzene rings is 6. The van der Waals surface area contributed by atoms with E-state index >= 15 is 0 Å². The molecular formula is C50H52SiZr. The molecule has 2 aliphatic carbocycles. The fourth-order valence-corrected chi connectivity index (χ4v) is 29.6. The van der Waals surface area contributed by atoms with Crippen LogP contribution in [-0.4, -0.2) is 5.43 Å². The van der Waals surface area contributed by atoms with E-state index in [0.29, 0.717) is 7.25 Å². The molecule has 52 heavy (non-hydrogen) atoms. The Balaban J connectivity index is 1.35. The molecule has 0 saturated carbocycles. The number of rotatable bonds is 6. The van der Waals surface area contributed by atoms with Crippen LogP contribution >= 0.6 is 0 Å². The molecule has 0 spiro atoms. The van der Waals surface area contributed by atoms with E-state index < -0.39 is 25.8 Å². The summed E-state index contributed by atoms with van der Waals surface area (Å²) in [6.07, 6.45) is 7.66. The first-order valence-electron chi connectivity index (χ1n) is 19.2. The van der Waals surface area contributed by atoms with E-state index in [0.717, 1.165) is 12.8 Å². The molecule has 0 N–H and O–H groups in total. The zero-order chi connectivity index (χ0) is 36.4. The molecule has 6 aromatic carbocycles. The van der Waals surface area contributed by atoms with Crippen molar-refractivity contribution >= 4 is 39.1 Å². The summed E-state index contributed by atoms with van der Waals surface area (Å²) in [6.45, 7) is 20.0. The third kappa shape index (κ3) is 6.60. The average Bonchev–Trinajstić information content (AvgIpc) is 3.63. The van der Waals surface area contributed by atoms with Crippen molar-refractivity contribution in [3.8, 4) is 22.3 Å². The number of allylic oxidation sites excluding steroid dienone is 2. The Hall–Kier alpha value is -3.58. The van der Waals surface area contributed by atoms with E-state index in [2.05, 4.69) is 188 Å². The standard InChI is InChI=1S/2C24H23.C2H6Si.Zr/c2*1-24(2,3)16-17-14-19-10-7-13-22(23(19)15-17)21-12-6-9-18-8-4-5-11-20(18)21;1-3-2;/h2*4-15H,16H2,1-3H3;1-2H3;. The van der Waals surface area contributed by atoms with Crippen molar-refractivity contribution in [2.24, 2.45) is 10.8 Å². The van der Waals surface area contributed by atoms with Crippen LogP contribution in [0.5, 0.6) is 0 Å². The zero-order valence-corrected chi connectivity index (χ0v) is 35.7. The zero-order valence-electron chi connectivity index (χ0n) is 32.3. The summed E-state index contributed by atoms with van der Waals surface area (Å²) in [5.74, 6) is 0. The number of fused-ring (bicyclic) bond motifs is 4. The third-order valence-electron chi connectivity index (χ3n) is 11.1. The van der Waals surface area contributed by atoms with Crippen molar-refractivity contribution in [3.63, 3.8) is 0 Å². The van der Waals surface area contributed by atoms with E-state index in [1.54, 1.807) is 22.3 Å². The van der Waals surface area contributed by atoms with Crippen LogP contribution < -0.4 is 0 Å². The minimum absolute atomic E-state index is 0.216. The molecule has 0 aromatic heterocycles. The molecule has 2 atom stereocenters. The second-order valence-electron chi connectivity index (χ2n) is 17.9. The molecule has 0 amide bonds. The van der Waals surface area contributed by atoms with Crippen molar-refractivity contribution < 1.29 is 20.4 Å². The van der Waals surface area contributed by atoms with Gasteiger partial charge in [-0.1, -0.05) is 0 Å². The fraction of sp³-hybridized carbons (Fsp3) is 0.280. The van der Waals surface area contributed by atoms with E-state index in [4.69, 9.17) is 0 Å². The molecular weight excluding hydrogens is 720 g/mol. The van der Waals surface area contributed by atoms with E-state index in [-0.39, 0.29) is 10.8 Å². The van der Waals surface area contributed by atoms with Gasteiger partial charge in [-0.05, 0) is 0 Å². The molecule has 8 rings (SSSR count). The SMILES string of the molecule is C[Si](C)=[Zr]([CH]1C(CC(C)(C)C)=Cc2c(-c3cccc4ccccc34)cccc21)[CH]1C(CC(C)(C)C)=Cc2c(-c3cccc4ccccc34)cccc21. The van der Waals surface area contributed by atoms with Crippen molar-refractivity contribution in [1.82, 2.24) is 0 Å². The van der Waals surface area contributed by atoms with Gasteiger partial charge in [0.2, 0.25) is 0 Å². The van der Waals surface area contributed by atoms with Gasteiger partial charge in [-0.2, -0.15) is 0 Å². The second-order valence-corrected chi connectivity index (χ2v) is 35.8. The molecule has 6 aromatic rings. The van der Waals surface area contributed by atoms with Crippen LogP contribution in [-0.2, 0) is 20.4 Å². The summed E-state index contributed by atoms with van der Waals surface area (Å²) in [5, 5.41) is 5.33. The molecule has 0 radical (unpaired) electrons. The van der Waals surface area contributed by atoms with Gasteiger partial charge >= 0.3 is 322 Å². The van der Waals surface area contributed by atoms with Gasteiger partial charge in [0.05, 0.1) is 0 Å². The van der Waals surface area contributed by atoms with Gasteiger partial charge in [-0.25, -0.2) is 0 Å². The van der Waals surface area contributed by atoms with E-state index in [1.165, 1.54) is 54.9 Å². The summed E-state index contributed by atoms with van der Waals surface area (Å²) < 4.78 is 1.16. The predicted octanol–water partition coefficient (Wildman–Crippen LogP) is 14.6. The molecule has 0 bridgehead atoms. The van der Waals surface area contributed by atoms with Crippen LogP contribution in [0.25, 0.3) is 56.0 Å². The quantitative estimate of drug-likeness (QED) is 0.148. The predicted molar refractivity (Wildman–Crippen MR) is 226 cm³/mol. The van der Waals surface area contributed by atoms with Crippen molar-refractivity contribution in [3.05, 3.63) is 155 Å². The molecule has 0 aliphatic heterocycles. The summed E-state index contributed by atoms with van der Waals surface area (Å²) in [7, 11) is 0. The van der Waals surface area contributed by atoms with Gasteiger partial charge < -0.3 is 0 Å². The normalized spacial score (nSPS) is 16.8. The molecule has 2 unspecified atom stereocenters. The van der Waals surface area contributed by atoms with Crippen LogP contribution in [0.4, 0.5) is 0 Å². The second kappa shape index (κ2) is 13.7. The first-order chi connectivity index (χ1) is 24.9. The summed E-state index contributed by atoms with van der Waals surface area (Å²) in [5.41, 5.74) is 15.0. The number of hydrogen-bond donors (Lipinski definition) is 0. The van der Waals surface area contributed by atoms with Gasteiger partial charge in [0, 0.05) is 0 Å². The Labute approximate surface area is 319 Å². The average molecular weight is 772 g/mol. The molecule has 0 nitrogen and oxygen atoms in total. The Kier molecular flexibility index (Phi) is 9.33. The van der Waals surface area contributed by atoms with Crippen molar-refractivity contribution in [2.45, 2.75) is 74.7 Å². The first-order valence-corrected chi connectivity index (χ1v) is 28.2. The molecule has 0 saturated heterocycles. The van der Waals surface area contributed by atoms with Crippen LogP contribution in [0.1, 0.15) is 83.9 Å².